The normalized spacial score (nSPS) is 12.7. The lowest BCUT2D eigenvalue weighted by Crippen LogP contribution is -2.30. The summed E-state index contributed by atoms with van der Waals surface area (Å²) in [6.45, 7) is 6.27. The molecule has 2 rings (SSSR count). The number of aromatic nitrogens is 2. The largest absolute Gasteiger partial charge is 0.275 e. The molecule has 0 amide bonds. The first-order valence-corrected chi connectivity index (χ1v) is 6.53. The highest BCUT2D eigenvalue weighted by atomic mass is 15.3. The molecule has 0 fully saturated rings. The molecule has 4 nitrogen and oxygen atoms in total. The van der Waals surface area contributed by atoms with E-state index in [4.69, 9.17) is 5.84 Å². The average molecular weight is 258 g/mol. The minimum absolute atomic E-state index is 0.0919. The van der Waals surface area contributed by atoms with Crippen molar-refractivity contribution in [2.24, 2.45) is 12.9 Å². The fourth-order valence-corrected chi connectivity index (χ4v) is 2.46. The molecule has 102 valence electrons. The molecule has 1 heterocycles. The van der Waals surface area contributed by atoms with E-state index in [9.17, 15) is 0 Å². The zero-order chi connectivity index (χ0) is 14.0. The first-order chi connectivity index (χ1) is 9.01. The van der Waals surface area contributed by atoms with Crippen molar-refractivity contribution >= 4 is 0 Å². The second-order valence-electron chi connectivity index (χ2n) is 5.20. The summed E-state index contributed by atoms with van der Waals surface area (Å²) in [6.07, 6.45) is 2.90. The number of hydrogen-bond donors (Lipinski definition) is 2. The van der Waals surface area contributed by atoms with Crippen molar-refractivity contribution in [2.75, 3.05) is 0 Å². The SMILES string of the molecule is Cc1ccc(C)c(CC(NN)c2cn(C)nc2C)c1. The van der Waals surface area contributed by atoms with Crippen molar-refractivity contribution in [3.8, 4) is 0 Å². The number of rotatable bonds is 4. The van der Waals surface area contributed by atoms with E-state index in [-0.39, 0.29) is 6.04 Å². The fourth-order valence-electron chi connectivity index (χ4n) is 2.46. The number of hydrogen-bond acceptors (Lipinski definition) is 3. The molecular formula is C15H22N4. The monoisotopic (exact) mass is 258 g/mol. The van der Waals surface area contributed by atoms with E-state index in [1.54, 1.807) is 0 Å². The summed E-state index contributed by atoms with van der Waals surface area (Å²) < 4.78 is 1.83. The summed E-state index contributed by atoms with van der Waals surface area (Å²) >= 11 is 0. The first-order valence-electron chi connectivity index (χ1n) is 6.53. The molecule has 2 aromatic rings. The lowest BCUT2D eigenvalue weighted by atomic mass is 9.95. The summed E-state index contributed by atoms with van der Waals surface area (Å²) in [5, 5.41) is 4.38. The van der Waals surface area contributed by atoms with Crippen LogP contribution in [-0.4, -0.2) is 9.78 Å². The molecule has 0 saturated heterocycles. The summed E-state index contributed by atoms with van der Waals surface area (Å²) in [6, 6.07) is 6.62. The zero-order valence-corrected chi connectivity index (χ0v) is 12.1. The van der Waals surface area contributed by atoms with Gasteiger partial charge in [0.2, 0.25) is 0 Å². The van der Waals surface area contributed by atoms with Crippen LogP contribution in [0.1, 0.15) is 34.0 Å². The van der Waals surface area contributed by atoms with Gasteiger partial charge in [0.05, 0.1) is 11.7 Å². The molecule has 1 atom stereocenters. The van der Waals surface area contributed by atoms with Gasteiger partial charge in [-0.2, -0.15) is 5.10 Å². The molecule has 3 N–H and O–H groups in total. The Morgan fingerprint density at radius 1 is 1.32 bits per heavy atom. The van der Waals surface area contributed by atoms with Crippen molar-refractivity contribution in [1.29, 1.82) is 0 Å². The smallest absolute Gasteiger partial charge is 0.0642 e. The highest BCUT2D eigenvalue weighted by molar-refractivity contribution is 5.33. The Labute approximate surface area is 114 Å². The van der Waals surface area contributed by atoms with Crippen LogP contribution in [0, 0.1) is 20.8 Å². The second kappa shape index (κ2) is 5.55. The quantitative estimate of drug-likeness (QED) is 0.652. The Bertz CT molecular complexity index is 572. The number of nitrogens with two attached hydrogens (primary N) is 1. The van der Waals surface area contributed by atoms with Gasteiger partial charge in [-0.1, -0.05) is 23.8 Å². The fraction of sp³-hybridized carbons (Fsp3) is 0.400. The molecule has 0 aliphatic heterocycles. The lowest BCUT2D eigenvalue weighted by molar-refractivity contribution is 0.548. The molecule has 0 aliphatic carbocycles. The molecule has 0 aliphatic rings. The highest BCUT2D eigenvalue weighted by Gasteiger charge is 2.16. The van der Waals surface area contributed by atoms with Crippen molar-refractivity contribution in [2.45, 2.75) is 33.2 Å². The van der Waals surface area contributed by atoms with Crippen LogP contribution in [0.3, 0.4) is 0 Å². The Balaban J connectivity index is 2.29. The van der Waals surface area contributed by atoms with Gasteiger partial charge in [-0.05, 0) is 38.3 Å². The molecular weight excluding hydrogens is 236 g/mol. The Morgan fingerprint density at radius 2 is 2.05 bits per heavy atom. The minimum atomic E-state index is 0.0919. The van der Waals surface area contributed by atoms with Crippen LogP contribution in [-0.2, 0) is 13.5 Å². The topological polar surface area (TPSA) is 55.9 Å². The number of aryl methyl sites for hydroxylation is 4. The van der Waals surface area contributed by atoms with E-state index in [2.05, 4.69) is 42.6 Å². The van der Waals surface area contributed by atoms with Crippen molar-refractivity contribution in [1.82, 2.24) is 15.2 Å². The maximum atomic E-state index is 5.73. The standard InChI is InChI=1S/C15H22N4/c1-10-5-6-11(2)13(7-10)8-15(17-16)14-9-19(4)18-12(14)3/h5-7,9,15,17H,8,16H2,1-4H3. The van der Waals surface area contributed by atoms with Crippen LogP contribution in [0.4, 0.5) is 0 Å². The van der Waals surface area contributed by atoms with E-state index in [0.29, 0.717) is 0 Å². The number of nitrogens with zero attached hydrogens (tertiary/aromatic N) is 2. The summed E-state index contributed by atoms with van der Waals surface area (Å²) in [7, 11) is 1.93. The summed E-state index contributed by atoms with van der Waals surface area (Å²) in [4.78, 5) is 0. The number of nitrogens with one attached hydrogen (secondary N) is 1. The van der Waals surface area contributed by atoms with E-state index in [1.807, 2.05) is 24.9 Å². The van der Waals surface area contributed by atoms with Gasteiger partial charge >= 0.3 is 0 Å². The maximum absolute atomic E-state index is 5.73. The van der Waals surface area contributed by atoms with Gasteiger partial charge in [0.15, 0.2) is 0 Å². The third kappa shape index (κ3) is 3.03. The Hall–Kier alpha value is -1.65. The van der Waals surface area contributed by atoms with Gasteiger partial charge in [-0.3, -0.25) is 16.0 Å². The van der Waals surface area contributed by atoms with Crippen LogP contribution in [0.5, 0.6) is 0 Å². The van der Waals surface area contributed by atoms with Gasteiger partial charge in [-0.15, -0.1) is 0 Å². The molecule has 1 aromatic carbocycles. The Kier molecular flexibility index (Phi) is 4.02. The molecule has 1 aromatic heterocycles. The predicted octanol–water partition coefficient (Wildman–Crippen LogP) is 2.09. The first kappa shape index (κ1) is 13.8. The van der Waals surface area contributed by atoms with Gasteiger partial charge in [0.1, 0.15) is 0 Å². The van der Waals surface area contributed by atoms with Crippen LogP contribution >= 0.6 is 0 Å². The van der Waals surface area contributed by atoms with Crippen LogP contribution in [0.2, 0.25) is 0 Å². The number of hydrazine groups is 1. The van der Waals surface area contributed by atoms with Gasteiger partial charge < -0.3 is 0 Å². The van der Waals surface area contributed by atoms with E-state index in [1.165, 1.54) is 16.7 Å². The summed E-state index contributed by atoms with van der Waals surface area (Å²) in [5.74, 6) is 5.73. The van der Waals surface area contributed by atoms with Crippen molar-refractivity contribution in [3.63, 3.8) is 0 Å². The zero-order valence-electron chi connectivity index (χ0n) is 12.1. The van der Waals surface area contributed by atoms with Crippen molar-refractivity contribution in [3.05, 3.63) is 52.3 Å². The van der Waals surface area contributed by atoms with Crippen LogP contribution < -0.4 is 11.3 Å². The summed E-state index contributed by atoms with van der Waals surface area (Å²) in [5.41, 5.74) is 9.00. The molecule has 0 radical (unpaired) electrons. The van der Waals surface area contributed by atoms with Gasteiger partial charge in [0.25, 0.3) is 0 Å². The van der Waals surface area contributed by atoms with E-state index < -0.39 is 0 Å². The molecule has 0 spiro atoms. The highest BCUT2D eigenvalue weighted by Crippen LogP contribution is 2.22. The van der Waals surface area contributed by atoms with Crippen molar-refractivity contribution < 1.29 is 0 Å². The molecule has 4 heteroatoms. The lowest BCUT2D eigenvalue weighted by Gasteiger charge is -2.17. The van der Waals surface area contributed by atoms with Crippen LogP contribution in [0.15, 0.2) is 24.4 Å². The number of benzene rings is 1. The third-order valence-electron chi connectivity index (χ3n) is 3.56. The minimum Gasteiger partial charge on any atom is -0.275 e. The van der Waals surface area contributed by atoms with Gasteiger partial charge in [0, 0.05) is 18.8 Å². The Morgan fingerprint density at radius 3 is 2.63 bits per heavy atom. The van der Waals surface area contributed by atoms with E-state index in [0.717, 1.165) is 17.7 Å². The molecule has 0 bridgehead atoms. The average Bonchev–Trinajstić information content (AvgIpc) is 2.69. The van der Waals surface area contributed by atoms with Crippen LogP contribution in [0.25, 0.3) is 0 Å². The second-order valence-corrected chi connectivity index (χ2v) is 5.20. The maximum Gasteiger partial charge on any atom is 0.0642 e. The third-order valence-corrected chi connectivity index (χ3v) is 3.56. The molecule has 19 heavy (non-hydrogen) atoms. The molecule has 1 unspecified atom stereocenters. The van der Waals surface area contributed by atoms with E-state index >= 15 is 0 Å². The predicted molar refractivity (Wildman–Crippen MR) is 77.6 cm³/mol. The molecule has 0 saturated carbocycles. The van der Waals surface area contributed by atoms with Gasteiger partial charge in [-0.25, -0.2) is 0 Å².